The SMILES string of the molecule is COc1cccc([C@@]23CCN(C)C[C@H]2CCC(Nc2ccccc2)C3)c1. The molecule has 0 radical (unpaired) electrons. The first kappa shape index (κ1) is 17.4. The average Bonchev–Trinajstić information content (AvgIpc) is 2.69. The Bertz CT molecular complexity index is 732. The number of para-hydroxylation sites is 1. The zero-order chi connectivity index (χ0) is 18.0. The van der Waals surface area contributed by atoms with Gasteiger partial charge in [0.2, 0.25) is 0 Å². The van der Waals surface area contributed by atoms with Gasteiger partial charge in [-0.2, -0.15) is 0 Å². The molecule has 138 valence electrons. The number of hydrogen-bond acceptors (Lipinski definition) is 3. The highest BCUT2D eigenvalue weighted by molar-refractivity contribution is 5.44. The number of nitrogens with zero attached hydrogens (tertiary/aromatic N) is 1. The lowest BCUT2D eigenvalue weighted by atomic mass is 9.58. The molecule has 0 bridgehead atoms. The van der Waals surface area contributed by atoms with Crippen LogP contribution in [-0.2, 0) is 5.41 Å². The predicted octanol–water partition coefficient (Wildman–Crippen LogP) is 4.55. The lowest BCUT2D eigenvalue weighted by Crippen LogP contribution is -2.53. The molecule has 26 heavy (non-hydrogen) atoms. The predicted molar refractivity (Wildman–Crippen MR) is 108 cm³/mol. The highest BCUT2D eigenvalue weighted by Crippen LogP contribution is 2.49. The topological polar surface area (TPSA) is 24.5 Å². The number of ether oxygens (including phenoxy) is 1. The number of piperidine rings is 1. The Kier molecular flexibility index (Phi) is 4.90. The van der Waals surface area contributed by atoms with Crippen LogP contribution in [0.4, 0.5) is 5.69 Å². The van der Waals surface area contributed by atoms with Crippen molar-refractivity contribution in [2.75, 3.05) is 32.6 Å². The van der Waals surface area contributed by atoms with Gasteiger partial charge in [0.05, 0.1) is 7.11 Å². The van der Waals surface area contributed by atoms with E-state index in [9.17, 15) is 0 Å². The van der Waals surface area contributed by atoms with E-state index in [-0.39, 0.29) is 5.41 Å². The fourth-order valence-electron chi connectivity index (χ4n) is 5.14. The van der Waals surface area contributed by atoms with E-state index in [4.69, 9.17) is 4.74 Å². The molecule has 3 atom stereocenters. The third kappa shape index (κ3) is 3.33. The maximum absolute atomic E-state index is 5.54. The smallest absolute Gasteiger partial charge is 0.119 e. The molecule has 1 saturated heterocycles. The molecule has 2 aromatic carbocycles. The first-order valence-corrected chi connectivity index (χ1v) is 9.84. The Morgan fingerprint density at radius 2 is 1.92 bits per heavy atom. The van der Waals surface area contributed by atoms with E-state index in [1.165, 1.54) is 50.0 Å². The van der Waals surface area contributed by atoms with Crippen molar-refractivity contribution in [2.24, 2.45) is 5.92 Å². The van der Waals surface area contributed by atoms with Gasteiger partial charge in [-0.25, -0.2) is 0 Å². The monoisotopic (exact) mass is 350 g/mol. The first-order valence-electron chi connectivity index (χ1n) is 9.84. The molecule has 0 spiro atoms. The summed E-state index contributed by atoms with van der Waals surface area (Å²) in [4.78, 5) is 2.51. The lowest BCUT2D eigenvalue weighted by Gasteiger charge is -2.52. The van der Waals surface area contributed by atoms with Crippen molar-refractivity contribution < 1.29 is 4.74 Å². The summed E-state index contributed by atoms with van der Waals surface area (Å²) in [6, 6.07) is 20.0. The van der Waals surface area contributed by atoms with Crippen molar-refractivity contribution in [3.63, 3.8) is 0 Å². The van der Waals surface area contributed by atoms with E-state index in [1.807, 2.05) is 0 Å². The first-order chi connectivity index (χ1) is 12.7. The van der Waals surface area contributed by atoms with Gasteiger partial charge in [-0.05, 0) is 75.0 Å². The van der Waals surface area contributed by atoms with Crippen molar-refractivity contribution >= 4 is 5.69 Å². The zero-order valence-corrected chi connectivity index (χ0v) is 15.9. The fraction of sp³-hybridized carbons (Fsp3) is 0.478. The molecule has 3 nitrogen and oxygen atoms in total. The summed E-state index contributed by atoms with van der Waals surface area (Å²) < 4.78 is 5.54. The molecule has 4 rings (SSSR count). The van der Waals surface area contributed by atoms with Crippen LogP contribution in [-0.4, -0.2) is 38.2 Å². The molecule has 2 aliphatic rings. The normalized spacial score (nSPS) is 29.0. The van der Waals surface area contributed by atoms with Crippen LogP contribution in [0.2, 0.25) is 0 Å². The summed E-state index contributed by atoms with van der Waals surface area (Å²) in [6.07, 6.45) is 4.97. The van der Waals surface area contributed by atoms with Gasteiger partial charge in [-0.3, -0.25) is 0 Å². The van der Waals surface area contributed by atoms with Crippen LogP contribution in [0.1, 0.15) is 31.2 Å². The van der Waals surface area contributed by atoms with Gasteiger partial charge in [-0.1, -0.05) is 30.3 Å². The van der Waals surface area contributed by atoms with Crippen LogP contribution in [0.5, 0.6) is 5.75 Å². The van der Waals surface area contributed by atoms with E-state index < -0.39 is 0 Å². The molecule has 1 heterocycles. The lowest BCUT2D eigenvalue weighted by molar-refractivity contribution is 0.0657. The van der Waals surface area contributed by atoms with Crippen LogP contribution in [0.3, 0.4) is 0 Å². The number of hydrogen-bond donors (Lipinski definition) is 1. The summed E-state index contributed by atoms with van der Waals surface area (Å²) in [5.41, 5.74) is 2.96. The van der Waals surface area contributed by atoms with Gasteiger partial charge in [0, 0.05) is 23.7 Å². The minimum absolute atomic E-state index is 0.256. The number of rotatable bonds is 4. The molecular weight excluding hydrogens is 320 g/mol. The van der Waals surface area contributed by atoms with Crippen molar-refractivity contribution in [3.05, 3.63) is 60.2 Å². The Morgan fingerprint density at radius 3 is 2.73 bits per heavy atom. The Morgan fingerprint density at radius 1 is 1.08 bits per heavy atom. The second-order valence-corrected chi connectivity index (χ2v) is 8.09. The van der Waals surface area contributed by atoms with Gasteiger partial charge in [0.15, 0.2) is 0 Å². The molecule has 1 aliphatic carbocycles. The second kappa shape index (κ2) is 7.32. The van der Waals surface area contributed by atoms with Crippen molar-refractivity contribution in [2.45, 2.75) is 37.1 Å². The van der Waals surface area contributed by atoms with Crippen molar-refractivity contribution in [3.8, 4) is 5.75 Å². The van der Waals surface area contributed by atoms with Crippen molar-refractivity contribution in [1.82, 2.24) is 4.90 Å². The Hall–Kier alpha value is -2.00. The largest absolute Gasteiger partial charge is 0.497 e. The van der Waals surface area contributed by atoms with Gasteiger partial charge in [0.1, 0.15) is 5.75 Å². The fourth-order valence-corrected chi connectivity index (χ4v) is 5.14. The van der Waals surface area contributed by atoms with Crippen LogP contribution < -0.4 is 10.1 Å². The Balaban J connectivity index is 1.64. The third-order valence-corrected chi connectivity index (χ3v) is 6.52. The summed E-state index contributed by atoms with van der Waals surface area (Å²) in [5, 5.41) is 3.80. The summed E-state index contributed by atoms with van der Waals surface area (Å²) in [5.74, 6) is 1.70. The molecule has 1 unspecified atom stereocenters. The molecule has 0 aromatic heterocycles. The maximum Gasteiger partial charge on any atom is 0.119 e. The van der Waals surface area contributed by atoms with Crippen LogP contribution in [0, 0.1) is 5.92 Å². The van der Waals surface area contributed by atoms with Crippen molar-refractivity contribution in [1.29, 1.82) is 0 Å². The molecule has 1 N–H and O–H groups in total. The molecule has 3 heteroatoms. The van der Waals surface area contributed by atoms with E-state index in [2.05, 4.69) is 71.9 Å². The summed E-state index contributed by atoms with van der Waals surface area (Å²) >= 11 is 0. The number of nitrogens with one attached hydrogen (secondary N) is 1. The number of methoxy groups -OCH3 is 1. The van der Waals surface area contributed by atoms with Gasteiger partial charge < -0.3 is 15.0 Å². The highest BCUT2D eigenvalue weighted by atomic mass is 16.5. The van der Waals surface area contributed by atoms with Gasteiger partial charge >= 0.3 is 0 Å². The molecule has 0 amide bonds. The molecule has 2 aromatic rings. The van der Waals surface area contributed by atoms with Crippen LogP contribution >= 0.6 is 0 Å². The van der Waals surface area contributed by atoms with Gasteiger partial charge in [0.25, 0.3) is 0 Å². The average molecular weight is 351 g/mol. The molecular formula is C23H30N2O. The number of benzene rings is 2. The number of likely N-dealkylation sites (tertiary alicyclic amines) is 1. The van der Waals surface area contributed by atoms with E-state index >= 15 is 0 Å². The summed E-state index contributed by atoms with van der Waals surface area (Å²) in [6.45, 7) is 2.38. The van der Waals surface area contributed by atoms with E-state index in [1.54, 1.807) is 7.11 Å². The van der Waals surface area contributed by atoms with E-state index in [0.29, 0.717) is 6.04 Å². The van der Waals surface area contributed by atoms with Crippen LogP contribution in [0.25, 0.3) is 0 Å². The van der Waals surface area contributed by atoms with Gasteiger partial charge in [-0.15, -0.1) is 0 Å². The van der Waals surface area contributed by atoms with E-state index in [0.717, 1.165) is 11.7 Å². The number of anilines is 1. The standard InChI is InChI=1S/C23H30N2O/c1-25-14-13-23(18-7-6-10-22(15-18)26-2)16-21(12-11-19(23)17-25)24-20-8-4-3-5-9-20/h3-10,15,19,21,24H,11-14,16-17H2,1-2H3/t19-,21?,23+/m1/s1. The molecule has 1 saturated carbocycles. The molecule has 1 aliphatic heterocycles. The zero-order valence-electron chi connectivity index (χ0n) is 15.9. The minimum Gasteiger partial charge on any atom is -0.497 e. The maximum atomic E-state index is 5.54. The minimum atomic E-state index is 0.256. The van der Waals surface area contributed by atoms with Crippen LogP contribution in [0.15, 0.2) is 54.6 Å². The summed E-state index contributed by atoms with van der Waals surface area (Å²) in [7, 11) is 4.04. The molecule has 2 fully saturated rings. The quantitative estimate of drug-likeness (QED) is 0.875. The second-order valence-electron chi connectivity index (χ2n) is 8.09. The number of fused-ring (bicyclic) bond motifs is 1. The third-order valence-electron chi connectivity index (χ3n) is 6.52. The Labute approximate surface area is 157 Å². The highest BCUT2D eigenvalue weighted by Gasteiger charge is 2.47.